The lowest BCUT2D eigenvalue weighted by molar-refractivity contribution is -0.139. The number of aliphatic carboxylic acids is 1. The van der Waals surface area contributed by atoms with Crippen LogP contribution >= 0.6 is 11.8 Å². The van der Waals surface area contributed by atoms with Gasteiger partial charge in [-0.15, -0.1) is 0 Å². The van der Waals surface area contributed by atoms with Gasteiger partial charge in [0.15, 0.2) is 0 Å². The van der Waals surface area contributed by atoms with Crippen LogP contribution in [0.2, 0.25) is 0 Å². The molecular weight excluding hydrogens is 248 g/mol. The number of hydrogen-bond acceptors (Lipinski definition) is 5. The lowest BCUT2D eigenvalue weighted by Gasteiger charge is -2.14. The summed E-state index contributed by atoms with van der Waals surface area (Å²) in [7, 11) is 1.19. The molecule has 0 aliphatic heterocycles. The highest BCUT2D eigenvalue weighted by molar-refractivity contribution is 7.98. The molecule has 0 aromatic carbocycles. The van der Waals surface area contributed by atoms with E-state index in [2.05, 4.69) is 15.4 Å². The smallest absolute Gasteiger partial charge is 0.326 e. The summed E-state index contributed by atoms with van der Waals surface area (Å²) >= 11 is 1.49. The van der Waals surface area contributed by atoms with Gasteiger partial charge in [0.1, 0.15) is 12.6 Å². The average Bonchev–Trinajstić information content (AvgIpc) is 2.30. The van der Waals surface area contributed by atoms with E-state index in [1.54, 1.807) is 0 Å². The third-order valence-electron chi connectivity index (χ3n) is 1.84. The Balaban J connectivity index is 4.03. The fourth-order valence-electron chi connectivity index (χ4n) is 0.927. The minimum atomic E-state index is -1.10. The predicted octanol–water partition coefficient (Wildman–Crippen LogP) is -0.335. The molecule has 0 saturated carbocycles. The Kier molecular flexibility index (Phi) is 7.95. The summed E-state index contributed by atoms with van der Waals surface area (Å²) in [6, 6.07) is -1.66. The molecule has 3 N–H and O–H groups in total. The van der Waals surface area contributed by atoms with E-state index in [0.717, 1.165) is 0 Å². The number of thioether (sulfide) groups is 1. The minimum absolute atomic E-state index is 0.294. The summed E-state index contributed by atoms with van der Waals surface area (Å²) in [5.74, 6) is -1.09. The number of carbonyl (C=O) groups excluding carboxylic acids is 2. The van der Waals surface area contributed by atoms with E-state index < -0.39 is 24.0 Å². The number of nitrogens with one attached hydrogen (secondary N) is 2. The zero-order chi connectivity index (χ0) is 13.3. The Labute approximate surface area is 103 Å². The van der Waals surface area contributed by atoms with Crippen molar-refractivity contribution in [3.05, 3.63) is 0 Å². The molecule has 1 unspecified atom stereocenters. The average molecular weight is 264 g/mol. The maximum atomic E-state index is 11.2. The Bertz CT molecular complexity index is 285. The van der Waals surface area contributed by atoms with Crippen molar-refractivity contribution in [1.82, 2.24) is 10.6 Å². The van der Waals surface area contributed by atoms with Gasteiger partial charge in [0.2, 0.25) is 0 Å². The number of methoxy groups -OCH3 is 1. The normalized spacial score (nSPS) is 11.4. The molecule has 0 radical (unpaired) electrons. The third kappa shape index (κ3) is 7.45. The lowest BCUT2D eigenvalue weighted by atomic mass is 10.2. The van der Waals surface area contributed by atoms with Gasteiger partial charge in [-0.3, -0.25) is 4.79 Å². The summed E-state index contributed by atoms with van der Waals surface area (Å²) in [5.41, 5.74) is 0. The Morgan fingerprint density at radius 3 is 2.53 bits per heavy atom. The number of carboxylic acids is 1. The van der Waals surface area contributed by atoms with Crippen LogP contribution in [0.3, 0.4) is 0 Å². The molecule has 0 saturated heterocycles. The quantitative estimate of drug-likeness (QED) is 0.544. The molecular formula is C9H16N2O5S. The number of amides is 2. The molecule has 0 fully saturated rings. The van der Waals surface area contributed by atoms with Crippen LogP contribution in [0, 0.1) is 0 Å². The molecule has 0 spiro atoms. The molecule has 0 aromatic heterocycles. The molecule has 17 heavy (non-hydrogen) atoms. The summed E-state index contributed by atoms with van der Waals surface area (Å²) in [6.07, 6.45) is 2.17. The van der Waals surface area contributed by atoms with E-state index in [0.29, 0.717) is 12.2 Å². The number of rotatable bonds is 7. The summed E-state index contributed by atoms with van der Waals surface area (Å²) in [5, 5.41) is 13.3. The van der Waals surface area contributed by atoms with Crippen molar-refractivity contribution >= 4 is 29.7 Å². The van der Waals surface area contributed by atoms with Crippen LogP contribution in [-0.2, 0) is 14.3 Å². The monoisotopic (exact) mass is 264 g/mol. The Hall–Kier alpha value is -1.44. The molecule has 0 bridgehead atoms. The zero-order valence-electron chi connectivity index (χ0n) is 9.69. The maximum absolute atomic E-state index is 11.2. The first-order valence-corrected chi connectivity index (χ1v) is 6.23. The molecule has 7 nitrogen and oxygen atoms in total. The van der Waals surface area contributed by atoms with E-state index in [4.69, 9.17) is 5.11 Å². The Morgan fingerprint density at radius 1 is 1.41 bits per heavy atom. The van der Waals surface area contributed by atoms with E-state index in [1.807, 2.05) is 6.26 Å². The minimum Gasteiger partial charge on any atom is -0.480 e. The highest BCUT2D eigenvalue weighted by Crippen LogP contribution is 2.00. The topological polar surface area (TPSA) is 105 Å². The number of esters is 1. The van der Waals surface area contributed by atoms with Gasteiger partial charge in [0, 0.05) is 0 Å². The summed E-state index contributed by atoms with van der Waals surface area (Å²) in [4.78, 5) is 32.8. The van der Waals surface area contributed by atoms with Gasteiger partial charge >= 0.3 is 18.0 Å². The molecule has 0 aliphatic rings. The first-order chi connectivity index (χ1) is 8.01. The second-order valence-electron chi connectivity index (χ2n) is 3.08. The van der Waals surface area contributed by atoms with Crippen LogP contribution in [-0.4, -0.2) is 54.8 Å². The number of hydrogen-bond donors (Lipinski definition) is 3. The van der Waals surface area contributed by atoms with Crippen LogP contribution in [0.5, 0.6) is 0 Å². The van der Waals surface area contributed by atoms with Gasteiger partial charge in [-0.2, -0.15) is 11.8 Å². The van der Waals surface area contributed by atoms with Crippen LogP contribution in [0.25, 0.3) is 0 Å². The van der Waals surface area contributed by atoms with E-state index in [-0.39, 0.29) is 6.54 Å². The first kappa shape index (κ1) is 15.6. The van der Waals surface area contributed by atoms with Gasteiger partial charge in [-0.05, 0) is 18.4 Å². The van der Waals surface area contributed by atoms with Crippen molar-refractivity contribution in [2.24, 2.45) is 0 Å². The van der Waals surface area contributed by atoms with Crippen LogP contribution < -0.4 is 10.6 Å². The van der Waals surface area contributed by atoms with Gasteiger partial charge in [0.25, 0.3) is 0 Å². The second-order valence-corrected chi connectivity index (χ2v) is 4.06. The van der Waals surface area contributed by atoms with Gasteiger partial charge in [0.05, 0.1) is 7.11 Å². The van der Waals surface area contributed by atoms with Gasteiger partial charge in [-0.25, -0.2) is 9.59 Å². The highest BCUT2D eigenvalue weighted by atomic mass is 32.2. The molecule has 0 aromatic rings. The maximum Gasteiger partial charge on any atom is 0.326 e. The predicted molar refractivity (Wildman–Crippen MR) is 63.0 cm³/mol. The molecule has 0 rings (SSSR count). The van der Waals surface area contributed by atoms with Gasteiger partial charge in [-0.1, -0.05) is 0 Å². The number of carbonyl (C=O) groups is 3. The standard InChI is InChI=1S/C9H16N2O5S/c1-16-7(12)5-10-9(15)11-6(8(13)14)3-4-17-2/h6H,3-5H2,1-2H3,(H,13,14)(H2,10,11,15). The van der Waals surface area contributed by atoms with Crippen molar-refractivity contribution in [3.63, 3.8) is 0 Å². The van der Waals surface area contributed by atoms with Crippen molar-refractivity contribution < 1.29 is 24.2 Å². The number of ether oxygens (including phenoxy) is 1. The summed E-state index contributed by atoms with van der Waals surface area (Å²) < 4.78 is 4.32. The molecule has 1 atom stereocenters. The van der Waals surface area contributed by atoms with Gasteiger partial charge < -0.3 is 20.5 Å². The van der Waals surface area contributed by atoms with E-state index >= 15 is 0 Å². The largest absolute Gasteiger partial charge is 0.480 e. The lowest BCUT2D eigenvalue weighted by Crippen LogP contribution is -2.47. The molecule has 2 amide bonds. The molecule has 98 valence electrons. The summed E-state index contributed by atoms with van der Waals surface area (Å²) in [6.45, 7) is -0.294. The Morgan fingerprint density at radius 2 is 2.06 bits per heavy atom. The van der Waals surface area contributed by atoms with Crippen LogP contribution in [0.15, 0.2) is 0 Å². The zero-order valence-corrected chi connectivity index (χ0v) is 10.5. The first-order valence-electron chi connectivity index (χ1n) is 4.84. The van der Waals surface area contributed by atoms with Crippen molar-refractivity contribution in [1.29, 1.82) is 0 Å². The number of carboxylic acid groups (broad SMARTS) is 1. The van der Waals surface area contributed by atoms with Crippen molar-refractivity contribution in [3.8, 4) is 0 Å². The molecule has 8 heteroatoms. The van der Waals surface area contributed by atoms with Crippen LogP contribution in [0.4, 0.5) is 4.79 Å². The van der Waals surface area contributed by atoms with Crippen molar-refractivity contribution in [2.45, 2.75) is 12.5 Å². The highest BCUT2D eigenvalue weighted by Gasteiger charge is 2.19. The number of urea groups is 1. The third-order valence-corrected chi connectivity index (χ3v) is 2.48. The van der Waals surface area contributed by atoms with Crippen LogP contribution in [0.1, 0.15) is 6.42 Å². The second kappa shape index (κ2) is 8.68. The van der Waals surface area contributed by atoms with Crippen molar-refractivity contribution in [2.75, 3.05) is 25.7 Å². The molecule has 0 aliphatic carbocycles. The fourth-order valence-corrected chi connectivity index (χ4v) is 1.40. The fraction of sp³-hybridized carbons (Fsp3) is 0.667. The molecule has 0 heterocycles. The van der Waals surface area contributed by atoms with E-state index in [1.165, 1.54) is 18.9 Å². The van der Waals surface area contributed by atoms with E-state index in [9.17, 15) is 14.4 Å². The SMILES string of the molecule is COC(=O)CNC(=O)NC(CCSC)C(=O)O.